The maximum Gasteiger partial charge on any atom is 0.234 e. The largest absolute Gasteiger partial charge is 0.486 e. The molecule has 0 radical (unpaired) electrons. The van der Waals surface area contributed by atoms with E-state index in [9.17, 15) is 4.79 Å². The van der Waals surface area contributed by atoms with E-state index in [1.165, 1.54) is 22.9 Å². The number of hydrogen-bond acceptors (Lipinski definition) is 5. The van der Waals surface area contributed by atoms with Crippen molar-refractivity contribution in [2.75, 3.05) is 11.1 Å². The number of anilines is 1. The minimum atomic E-state index is -0.177. The summed E-state index contributed by atoms with van der Waals surface area (Å²) in [7, 11) is 1.85. The molecule has 0 saturated carbocycles. The molecule has 0 aliphatic heterocycles. The fourth-order valence-electron chi connectivity index (χ4n) is 2.45. The number of carbonyl (C=O) groups excluding carboxylic acids is 1. The summed E-state index contributed by atoms with van der Waals surface area (Å²) in [6.45, 7) is 4.40. The number of halogens is 2. The molecular weight excluding hydrogens is 431 g/mol. The summed E-state index contributed by atoms with van der Waals surface area (Å²) in [4.78, 5) is 12.2. The van der Waals surface area contributed by atoms with Crippen LogP contribution in [0, 0.1) is 13.8 Å². The van der Waals surface area contributed by atoms with Crippen molar-refractivity contribution in [3.63, 3.8) is 0 Å². The van der Waals surface area contributed by atoms with Crippen LogP contribution < -0.4 is 10.1 Å². The van der Waals surface area contributed by atoms with Crippen LogP contribution in [0.1, 0.15) is 17.0 Å². The predicted molar refractivity (Wildman–Crippen MR) is 117 cm³/mol. The zero-order valence-corrected chi connectivity index (χ0v) is 18.5. The minimum Gasteiger partial charge on any atom is -0.486 e. The van der Waals surface area contributed by atoms with E-state index in [1.54, 1.807) is 18.2 Å². The standard InChI is InChI=1S/C20H20Cl2N4O2S/c1-12-4-6-15(8-13(12)2)28-10-18-24-25-20(26(18)3)29-11-19(27)23-14-5-7-16(21)17(22)9-14/h4-9H,10-11H2,1-3H3,(H,23,27). The second-order valence-electron chi connectivity index (χ2n) is 6.46. The van der Waals surface area contributed by atoms with Crippen molar-refractivity contribution in [2.24, 2.45) is 7.05 Å². The molecule has 29 heavy (non-hydrogen) atoms. The number of rotatable bonds is 7. The van der Waals surface area contributed by atoms with Gasteiger partial charge in [-0.05, 0) is 55.3 Å². The third-order valence-corrected chi connectivity index (χ3v) is 6.07. The summed E-state index contributed by atoms with van der Waals surface area (Å²) < 4.78 is 7.63. The van der Waals surface area contributed by atoms with Crippen LogP contribution in [0.25, 0.3) is 0 Å². The molecule has 2 aromatic carbocycles. The Labute approximate surface area is 183 Å². The van der Waals surface area contributed by atoms with Gasteiger partial charge in [-0.1, -0.05) is 41.0 Å². The lowest BCUT2D eigenvalue weighted by Crippen LogP contribution is -2.14. The Morgan fingerprint density at radius 2 is 1.90 bits per heavy atom. The number of carbonyl (C=O) groups is 1. The van der Waals surface area contributed by atoms with Crippen LogP contribution in [0.3, 0.4) is 0 Å². The van der Waals surface area contributed by atoms with Gasteiger partial charge in [0.25, 0.3) is 0 Å². The molecule has 0 unspecified atom stereocenters. The van der Waals surface area contributed by atoms with E-state index >= 15 is 0 Å². The van der Waals surface area contributed by atoms with Gasteiger partial charge in [0.15, 0.2) is 11.0 Å². The molecule has 0 aliphatic rings. The summed E-state index contributed by atoms with van der Waals surface area (Å²) in [6.07, 6.45) is 0. The summed E-state index contributed by atoms with van der Waals surface area (Å²) in [6, 6.07) is 10.9. The fraction of sp³-hybridized carbons (Fsp3) is 0.250. The predicted octanol–water partition coefficient (Wildman–Crippen LogP) is 5.05. The van der Waals surface area contributed by atoms with Crippen LogP contribution in [-0.2, 0) is 18.4 Å². The monoisotopic (exact) mass is 450 g/mol. The zero-order valence-electron chi connectivity index (χ0n) is 16.2. The van der Waals surface area contributed by atoms with Gasteiger partial charge in [-0.25, -0.2) is 0 Å². The van der Waals surface area contributed by atoms with Crippen LogP contribution in [0.4, 0.5) is 5.69 Å². The van der Waals surface area contributed by atoms with Crippen molar-refractivity contribution in [1.82, 2.24) is 14.8 Å². The molecule has 0 bridgehead atoms. The summed E-state index contributed by atoms with van der Waals surface area (Å²) in [5.41, 5.74) is 2.98. The first kappa shape index (κ1) is 21.5. The van der Waals surface area contributed by atoms with Crippen LogP contribution in [0.2, 0.25) is 10.0 Å². The first-order valence-corrected chi connectivity index (χ1v) is 10.5. The molecule has 0 saturated heterocycles. The molecule has 0 aliphatic carbocycles. The van der Waals surface area contributed by atoms with E-state index < -0.39 is 0 Å². The van der Waals surface area contributed by atoms with Gasteiger partial charge in [0.1, 0.15) is 12.4 Å². The fourth-order valence-corrected chi connectivity index (χ4v) is 3.48. The molecule has 152 valence electrons. The van der Waals surface area contributed by atoms with Crippen LogP contribution in [0.15, 0.2) is 41.6 Å². The minimum absolute atomic E-state index is 0.177. The molecule has 1 N–H and O–H groups in total. The van der Waals surface area contributed by atoms with Crippen molar-refractivity contribution in [3.05, 3.63) is 63.4 Å². The van der Waals surface area contributed by atoms with E-state index in [0.29, 0.717) is 33.3 Å². The molecule has 0 spiro atoms. The van der Waals surface area contributed by atoms with Gasteiger partial charge in [-0.2, -0.15) is 0 Å². The summed E-state index contributed by atoms with van der Waals surface area (Å²) in [5.74, 6) is 1.47. The van der Waals surface area contributed by atoms with E-state index in [1.807, 2.05) is 36.7 Å². The molecule has 1 heterocycles. The van der Waals surface area contributed by atoms with Crippen molar-refractivity contribution < 1.29 is 9.53 Å². The number of nitrogens with one attached hydrogen (secondary N) is 1. The van der Waals surface area contributed by atoms with Gasteiger partial charge in [-0.15, -0.1) is 10.2 Å². The Balaban J connectivity index is 1.54. The summed E-state index contributed by atoms with van der Waals surface area (Å²) in [5, 5.41) is 12.5. The number of thioether (sulfide) groups is 1. The highest BCUT2D eigenvalue weighted by atomic mass is 35.5. The molecular formula is C20H20Cl2N4O2S. The van der Waals surface area contributed by atoms with Crippen LogP contribution in [0.5, 0.6) is 5.75 Å². The van der Waals surface area contributed by atoms with Crippen molar-refractivity contribution in [1.29, 1.82) is 0 Å². The molecule has 1 aromatic heterocycles. The van der Waals surface area contributed by atoms with Crippen LogP contribution >= 0.6 is 35.0 Å². The Bertz CT molecular complexity index is 1040. The second-order valence-corrected chi connectivity index (χ2v) is 8.22. The van der Waals surface area contributed by atoms with Gasteiger partial charge in [0.05, 0.1) is 15.8 Å². The Morgan fingerprint density at radius 3 is 2.62 bits per heavy atom. The second kappa shape index (κ2) is 9.52. The summed E-state index contributed by atoms with van der Waals surface area (Å²) >= 11 is 13.1. The first-order valence-electron chi connectivity index (χ1n) is 8.79. The van der Waals surface area contributed by atoms with E-state index in [4.69, 9.17) is 27.9 Å². The molecule has 0 atom stereocenters. The van der Waals surface area contributed by atoms with Gasteiger partial charge in [0, 0.05) is 12.7 Å². The Morgan fingerprint density at radius 1 is 1.10 bits per heavy atom. The smallest absolute Gasteiger partial charge is 0.234 e. The van der Waals surface area contributed by atoms with Gasteiger partial charge >= 0.3 is 0 Å². The number of hydrogen-bond donors (Lipinski definition) is 1. The van der Waals surface area contributed by atoms with Gasteiger partial charge < -0.3 is 14.6 Å². The Hall–Kier alpha value is -2.22. The third-order valence-electron chi connectivity index (χ3n) is 4.31. The van der Waals surface area contributed by atoms with Gasteiger partial charge in [0.2, 0.25) is 5.91 Å². The molecule has 3 aromatic rings. The topological polar surface area (TPSA) is 69.0 Å². The average molecular weight is 451 g/mol. The van der Waals surface area contributed by atoms with Gasteiger partial charge in [-0.3, -0.25) is 4.79 Å². The lowest BCUT2D eigenvalue weighted by Gasteiger charge is -2.08. The highest BCUT2D eigenvalue weighted by Gasteiger charge is 2.13. The van der Waals surface area contributed by atoms with Crippen molar-refractivity contribution in [2.45, 2.75) is 25.6 Å². The maximum atomic E-state index is 12.2. The lowest BCUT2D eigenvalue weighted by atomic mass is 10.1. The molecule has 0 fully saturated rings. The maximum absolute atomic E-state index is 12.2. The average Bonchev–Trinajstić information content (AvgIpc) is 3.04. The highest BCUT2D eigenvalue weighted by molar-refractivity contribution is 7.99. The number of ether oxygens (including phenoxy) is 1. The number of benzene rings is 2. The zero-order chi connectivity index (χ0) is 21.0. The number of aryl methyl sites for hydroxylation is 2. The number of nitrogens with zero attached hydrogens (tertiary/aromatic N) is 3. The third kappa shape index (κ3) is 5.65. The lowest BCUT2D eigenvalue weighted by molar-refractivity contribution is -0.113. The highest BCUT2D eigenvalue weighted by Crippen LogP contribution is 2.25. The Kier molecular flexibility index (Phi) is 7.05. The molecule has 3 rings (SSSR count). The van der Waals surface area contributed by atoms with E-state index in [2.05, 4.69) is 22.4 Å². The number of aromatic nitrogens is 3. The molecule has 6 nitrogen and oxygen atoms in total. The quantitative estimate of drug-likeness (QED) is 0.510. The molecule has 1 amide bonds. The van der Waals surface area contributed by atoms with E-state index in [0.717, 1.165) is 5.75 Å². The van der Waals surface area contributed by atoms with E-state index in [-0.39, 0.29) is 11.7 Å². The normalized spacial score (nSPS) is 10.8. The SMILES string of the molecule is Cc1ccc(OCc2nnc(SCC(=O)Nc3ccc(Cl)c(Cl)c3)n2C)cc1C. The molecule has 9 heteroatoms. The van der Waals surface area contributed by atoms with Crippen molar-refractivity contribution >= 4 is 46.6 Å². The van der Waals surface area contributed by atoms with Crippen molar-refractivity contribution in [3.8, 4) is 5.75 Å². The van der Waals surface area contributed by atoms with Crippen LogP contribution in [-0.4, -0.2) is 26.4 Å². The number of amides is 1. The first-order chi connectivity index (χ1) is 13.8.